The van der Waals surface area contributed by atoms with Gasteiger partial charge in [-0.15, -0.1) is 0 Å². The molecule has 1 saturated heterocycles. The van der Waals surface area contributed by atoms with Crippen molar-refractivity contribution in [1.82, 2.24) is 0 Å². The summed E-state index contributed by atoms with van der Waals surface area (Å²) in [5, 5.41) is 20.7. The Hall–Kier alpha value is -1.40. The van der Waals surface area contributed by atoms with Crippen LogP contribution in [0, 0.1) is 21.8 Å². The summed E-state index contributed by atoms with van der Waals surface area (Å²) >= 11 is 5.69. The van der Waals surface area contributed by atoms with E-state index in [-0.39, 0.29) is 28.9 Å². The van der Waals surface area contributed by atoms with Crippen LogP contribution in [0.3, 0.4) is 0 Å². The van der Waals surface area contributed by atoms with Crippen molar-refractivity contribution in [3.8, 4) is 0 Å². The van der Waals surface area contributed by atoms with Crippen LogP contribution in [0.4, 0.5) is 15.8 Å². The highest BCUT2D eigenvalue weighted by molar-refractivity contribution is 6.31. The van der Waals surface area contributed by atoms with Gasteiger partial charge in [-0.2, -0.15) is 0 Å². The summed E-state index contributed by atoms with van der Waals surface area (Å²) in [6.45, 7) is 2.78. The van der Waals surface area contributed by atoms with Gasteiger partial charge in [-0.1, -0.05) is 18.5 Å². The van der Waals surface area contributed by atoms with Crippen molar-refractivity contribution in [1.29, 1.82) is 0 Å². The monoisotopic (exact) mass is 288 g/mol. The summed E-state index contributed by atoms with van der Waals surface area (Å²) < 4.78 is 13.3. The average Bonchev–Trinajstić information content (AvgIpc) is 2.35. The van der Waals surface area contributed by atoms with E-state index in [1.54, 1.807) is 4.90 Å². The minimum atomic E-state index is -0.817. The molecule has 0 bridgehead atoms. The van der Waals surface area contributed by atoms with Crippen LogP contribution in [0.1, 0.15) is 13.3 Å². The predicted octanol–water partition coefficient (Wildman–Crippen LogP) is 2.59. The van der Waals surface area contributed by atoms with Crippen molar-refractivity contribution in [2.75, 3.05) is 18.0 Å². The van der Waals surface area contributed by atoms with Crippen LogP contribution in [-0.4, -0.2) is 29.2 Å². The Labute approximate surface area is 114 Å². The van der Waals surface area contributed by atoms with Crippen LogP contribution in [0.15, 0.2) is 12.1 Å². The first kappa shape index (κ1) is 14.0. The van der Waals surface area contributed by atoms with Crippen LogP contribution in [0.2, 0.25) is 5.02 Å². The molecule has 0 spiro atoms. The van der Waals surface area contributed by atoms with Gasteiger partial charge in [-0.25, -0.2) is 4.39 Å². The number of halogens is 2. The van der Waals surface area contributed by atoms with Gasteiger partial charge in [-0.3, -0.25) is 10.1 Å². The number of nitrogens with zero attached hydrogens (tertiary/aromatic N) is 2. The summed E-state index contributed by atoms with van der Waals surface area (Å²) in [6, 6.07) is 2.07. The number of anilines is 1. The van der Waals surface area contributed by atoms with Gasteiger partial charge < -0.3 is 10.0 Å². The highest BCUT2D eigenvalue weighted by Crippen LogP contribution is 2.35. The van der Waals surface area contributed by atoms with Crippen LogP contribution in [-0.2, 0) is 0 Å². The van der Waals surface area contributed by atoms with Crippen LogP contribution < -0.4 is 4.90 Å². The average molecular weight is 289 g/mol. The summed E-state index contributed by atoms with van der Waals surface area (Å²) in [5.74, 6) is -0.672. The molecule has 2 atom stereocenters. The van der Waals surface area contributed by atoms with E-state index in [9.17, 15) is 19.6 Å². The molecule has 0 radical (unpaired) electrons. The summed E-state index contributed by atoms with van der Waals surface area (Å²) in [6.07, 6.45) is 0.157. The second kappa shape index (κ2) is 5.30. The van der Waals surface area contributed by atoms with Gasteiger partial charge in [0.2, 0.25) is 0 Å². The summed E-state index contributed by atoms with van der Waals surface area (Å²) in [7, 11) is 0. The second-order valence-corrected chi connectivity index (χ2v) is 5.20. The van der Waals surface area contributed by atoms with Gasteiger partial charge in [0.15, 0.2) is 0 Å². The first-order chi connectivity index (χ1) is 8.90. The molecule has 104 valence electrons. The van der Waals surface area contributed by atoms with Gasteiger partial charge in [0.05, 0.1) is 22.1 Å². The number of piperidine rings is 1. The number of rotatable bonds is 2. The normalized spacial score (nSPS) is 23.5. The molecular weight excluding hydrogens is 275 g/mol. The third-order valence-corrected chi connectivity index (χ3v) is 3.76. The molecule has 0 amide bonds. The fraction of sp³-hybridized carbons (Fsp3) is 0.500. The Kier molecular flexibility index (Phi) is 3.91. The minimum absolute atomic E-state index is 0.145. The van der Waals surface area contributed by atoms with E-state index >= 15 is 0 Å². The SMILES string of the molecule is CC1CCN(c2cc(Cl)c(F)cc2[N+](=O)[O-])CC1O. The first-order valence-corrected chi connectivity index (χ1v) is 6.34. The lowest BCUT2D eigenvalue weighted by molar-refractivity contribution is -0.384. The van der Waals surface area contributed by atoms with Gasteiger partial charge in [0, 0.05) is 13.1 Å². The molecule has 2 rings (SSSR count). The molecule has 0 saturated carbocycles. The van der Waals surface area contributed by atoms with E-state index in [0.29, 0.717) is 13.0 Å². The Bertz CT molecular complexity index is 512. The van der Waals surface area contributed by atoms with E-state index in [4.69, 9.17) is 11.6 Å². The molecular formula is C12H14ClFN2O3. The largest absolute Gasteiger partial charge is 0.391 e. The maximum Gasteiger partial charge on any atom is 0.295 e. The molecule has 5 nitrogen and oxygen atoms in total. The smallest absolute Gasteiger partial charge is 0.295 e. The van der Waals surface area contributed by atoms with Crippen LogP contribution in [0.5, 0.6) is 0 Å². The number of nitro benzene ring substituents is 1. The van der Waals surface area contributed by atoms with Crippen molar-refractivity contribution in [2.24, 2.45) is 5.92 Å². The number of nitro groups is 1. The number of benzene rings is 1. The van der Waals surface area contributed by atoms with E-state index in [0.717, 1.165) is 6.07 Å². The fourth-order valence-corrected chi connectivity index (χ4v) is 2.35. The number of aliphatic hydroxyl groups excluding tert-OH is 1. The lowest BCUT2D eigenvalue weighted by atomic mass is 9.95. The van der Waals surface area contributed by atoms with Gasteiger partial charge in [0.25, 0.3) is 5.69 Å². The molecule has 0 aliphatic carbocycles. The molecule has 7 heteroatoms. The van der Waals surface area contributed by atoms with Crippen molar-refractivity contribution < 1.29 is 14.4 Å². The topological polar surface area (TPSA) is 66.6 Å². The third kappa shape index (κ3) is 2.79. The Morgan fingerprint density at radius 3 is 2.84 bits per heavy atom. The highest BCUT2D eigenvalue weighted by Gasteiger charge is 2.29. The number of β-amino-alcohol motifs (C(OH)–C–C–N with tert-alkyl or cyclic N) is 1. The lowest BCUT2D eigenvalue weighted by Gasteiger charge is -2.35. The zero-order valence-corrected chi connectivity index (χ0v) is 11.1. The molecule has 0 aromatic heterocycles. The fourth-order valence-electron chi connectivity index (χ4n) is 2.19. The molecule has 19 heavy (non-hydrogen) atoms. The van der Waals surface area contributed by atoms with Gasteiger partial charge in [-0.05, 0) is 18.4 Å². The van der Waals surface area contributed by atoms with Crippen molar-refractivity contribution in [3.05, 3.63) is 33.1 Å². The molecule has 1 aromatic carbocycles. The van der Waals surface area contributed by atoms with Crippen LogP contribution >= 0.6 is 11.6 Å². The zero-order chi connectivity index (χ0) is 14.2. The van der Waals surface area contributed by atoms with Crippen molar-refractivity contribution in [3.63, 3.8) is 0 Å². The first-order valence-electron chi connectivity index (χ1n) is 5.96. The Morgan fingerprint density at radius 1 is 1.58 bits per heavy atom. The molecule has 1 heterocycles. The van der Waals surface area contributed by atoms with Gasteiger partial charge in [0.1, 0.15) is 11.5 Å². The molecule has 1 aliphatic rings. The predicted molar refractivity (Wildman–Crippen MR) is 70.1 cm³/mol. The highest BCUT2D eigenvalue weighted by atomic mass is 35.5. The van der Waals surface area contributed by atoms with E-state index in [1.807, 2.05) is 6.92 Å². The van der Waals surface area contributed by atoms with Crippen molar-refractivity contribution in [2.45, 2.75) is 19.4 Å². The standard InChI is InChI=1S/C12H14ClFN2O3/c1-7-2-3-15(6-12(7)17)10-4-8(13)9(14)5-11(10)16(18)19/h4-5,7,12,17H,2-3,6H2,1H3. The minimum Gasteiger partial charge on any atom is -0.391 e. The molecule has 1 aliphatic heterocycles. The van der Waals surface area contributed by atoms with Crippen molar-refractivity contribution >= 4 is 23.0 Å². The van der Waals surface area contributed by atoms with E-state index in [2.05, 4.69) is 0 Å². The van der Waals surface area contributed by atoms with Gasteiger partial charge >= 0.3 is 0 Å². The molecule has 2 unspecified atom stereocenters. The zero-order valence-electron chi connectivity index (χ0n) is 10.3. The Balaban J connectivity index is 2.38. The molecule has 1 N–H and O–H groups in total. The molecule has 1 fully saturated rings. The summed E-state index contributed by atoms with van der Waals surface area (Å²) in [4.78, 5) is 12.0. The maximum atomic E-state index is 13.3. The Morgan fingerprint density at radius 2 is 2.26 bits per heavy atom. The lowest BCUT2D eigenvalue weighted by Crippen LogP contribution is -2.43. The summed E-state index contributed by atoms with van der Waals surface area (Å²) in [5.41, 5.74) is -0.0778. The maximum absolute atomic E-state index is 13.3. The van der Waals surface area contributed by atoms with E-state index < -0.39 is 16.8 Å². The van der Waals surface area contributed by atoms with E-state index in [1.165, 1.54) is 6.07 Å². The number of hydrogen-bond acceptors (Lipinski definition) is 4. The quantitative estimate of drug-likeness (QED) is 0.671. The second-order valence-electron chi connectivity index (χ2n) is 4.79. The van der Waals surface area contributed by atoms with Crippen LogP contribution in [0.25, 0.3) is 0 Å². The third-order valence-electron chi connectivity index (χ3n) is 3.47. The number of aliphatic hydroxyl groups is 1. The number of hydrogen-bond donors (Lipinski definition) is 1. The molecule has 1 aromatic rings.